The molecule has 1 saturated heterocycles. The number of para-hydroxylation sites is 1. The maximum Gasteiger partial charge on any atom is 0.262 e. The highest BCUT2D eigenvalue weighted by molar-refractivity contribution is 7.99. The lowest BCUT2D eigenvalue weighted by atomic mass is 10.2. The highest BCUT2D eigenvalue weighted by atomic mass is 32.2. The van der Waals surface area contributed by atoms with Gasteiger partial charge in [-0.25, -0.2) is 4.98 Å². The first kappa shape index (κ1) is 20.1. The van der Waals surface area contributed by atoms with E-state index in [9.17, 15) is 4.79 Å². The molecular formula is C23H27N3O2S. The highest BCUT2D eigenvalue weighted by Gasteiger charge is 2.16. The molecule has 0 unspecified atom stereocenters. The van der Waals surface area contributed by atoms with Gasteiger partial charge < -0.3 is 4.74 Å². The molecule has 0 saturated carbocycles. The van der Waals surface area contributed by atoms with E-state index in [1.807, 2.05) is 34.9 Å². The van der Waals surface area contributed by atoms with Crippen molar-refractivity contribution in [2.75, 3.05) is 32.8 Å². The monoisotopic (exact) mass is 409 g/mol. The molecule has 0 aliphatic carbocycles. The van der Waals surface area contributed by atoms with Gasteiger partial charge in [0.1, 0.15) is 0 Å². The quantitative estimate of drug-likeness (QED) is 0.436. The molecule has 1 atom stereocenters. The minimum absolute atomic E-state index is 0.0559. The molecule has 6 heteroatoms. The standard InChI is InChI=1S/C23H27N3O2S/c1-18(19-8-3-2-4-9-19)29-23-24-21-11-6-5-10-20(21)22(27)26(23)13-7-12-25-14-16-28-17-15-25/h2-6,8-11,18H,7,12-17H2,1H3/t18-/m0/s1. The molecule has 152 valence electrons. The number of fused-ring (bicyclic) bond motifs is 1. The molecule has 0 amide bonds. The van der Waals surface area contributed by atoms with Crippen molar-refractivity contribution in [3.63, 3.8) is 0 Å². The summed E-state index contributed by atoms with van der Waals surface area (Å²) in [5.74, 6) is 0. The number of morpholine rings is 1. The van der Waals surface area contributed by atoms with Crippen molar-refractivity contribution in [3.8, 4) is 0 Å². The van der Waals surface area contributed by atoms with Crippen LogP contribution >= 0.6 is 11.8 Å². The lowest BCUT2D eigenvalue weighted by Crippen LogP contribution is -2.37. The van der Waals surface area contributed by atoms with Crippen LogP contribution in [0.15, 0.2) is 64.5 Å². The van der Waals surface area contributed by atoms with Crippen LogP contribution in [0, 0.1) is 0 Å². The number of ether oxygens (including phenoxy) is 1. The molecule has 2 aromatic carbocycles. The van der Waals surface area contributed by atoms with Crippen LogP contribution in [0.4, 0.5) is 0 Å². The van der Waals surface area contributed by atoms with Crippen LogP contribution in [0.2, 0.25) is 0 Å². The SMILES string of the molecule is C[C@H](Sc1nc2ccccc2c(=O)n1CCCN1CCOCC1)c1ccccc1. The topological polar surface area (TPSA) is 47.4 Å². The van der Waals surface area contributed by atoms with Gasteiger partial charge in [-0.15, -0.1) is 0 Å². The van der Waals surface area contributed by atoms with Gasteiger partial charge in [0, 0.05) is 31.4 Å². The fourth-order valence-corrected chi connectivity index (χ4v) is 4.72. The van der Waals surface area contributed by atoms with Crippen molar-refractivity contribution in [3.05, 3.63) is 70.5 Å². The molecule has 1 aromatic heterocycles. The molecule has 5 nitrogen and oxygen atoms in total. The van der Waals surface area contributed by atoms with Crippen LogP contribution in [-0.2, 0) is 11.3 Å². The second kappa shape index (κ2) is 9.57. The van der Waals surface area contributed by atoms with Gasteiger partial charge in [-0.1, -0.05) is 54.2 Å². The number of aromatic nitrogens is 2. The Bertz CT molecular complexity index is 1000. The van der Waals surface area contributed by atoms with Crippen molar-refractivity contribution in [1.82, 2.24) is 14.5 Å². The molecule has 29 heavy (non-hydrogen) atoms. The number of benzene rings is 2. The Labute approximate surface area is 175 Å². The first-order valence-corrected chi connectivity index (χ1v) is 11.1. The van der Waals surface area contributed by atoms with Crippen LogP contribution in [0.1, 0.15) is 24.2 Å². The third-order valence-corrected chi connectivity index (χ3v) is 6.49. The lowest BCUT2D eigenvalue weighted by molar-refractivity contribution is 0.0368. The fraction of sp³-hybridized carbons (Fsp3) is 0.391. The minimum atomic E-state index is 0.0559. The number of rotatable bonds is 7. The van der Waals surface area contributed by atoms with E-state index in [2.05, 4.69) is 36.1 Å². The third kappa shape index (κ3) is 4.89. The zero-order chi connectivity index (χ0) is 20.1. The van der Waals surface area contributed by atoms with E-state index >= 15 is 0 Å². The Morgan fingerprint density at radius 1 is 1.03 bits per heavy atom. The zero-order valence-corrected chi connectivity index (χ0v) is 17.6. The summed E-state index contributed by atoms with van der Waals surface area (Å²) >= 11 is 1.66. The smallest absolute Gasteiger partial charge is 0.262 e. The van der Waals surface area contributed by atoms with E-state index < -0.39 is 0 Å². The van der Waals surface area contributed by atoms with Gasteiger partial charge in [0.2, 0.25) is 0 Å². The third-order valence-electron chi connectivity index (χ3n) is 5.34. The molecule has 0 radical (unpaired) electrons. The van der Waals surface area contributed by atoms with Gasteiger partial charge in [-0.05, 0) is 31.0 Å². The van der Waals surface area contributed by atoms with Gasteiger partial charge in [0.25, 0.3) is 5.56 Å². The summed E-state index contributed by atoms with van der Waals surface area (Å²) < 4.78 is 7.29. The molecule has 4 rings (SSSR count). The summed E-state index contributed by atoms with van der Waals surface area (Å²) in [6.45, 7) is 7.35. The van der Waals surface area contributed by atoms with Crippen molar-refractivity contribution < 1.29 is 4.74 Å². The minimum Gasteiger partial charge on any atom is -0.379 e. The molecule has 3 aromatic rings. The van der Waals surface area contributed by atoms with E-state index in [1.165, 1.54) is 5.56 Å². The first-order valence-electron chi connectivity index (χ1n) is 10.2. The molecule has 0 bridgehead atoms. The zero-order valence-electron chi connectivity index (χ0n) is 16.8. The summed E-state index contributed by atoms with van der Waals surface area (Å²) in [5.41, 5.74) is 2.06. The highest BCUT2D eigenvalue weighted by Crippen LogP contribution is 2.33. The summed E-state index contributed by atoms with van der Waals surface area (Å²) in [6, 6.07) is 18.0. The number of thioether (sulfide) groups is 1. The van der Waals surface area contributed by atoms with E-state index in [0.717, 1.165) is 49.9 Å². The normalized spacial score (nSPS) is 16.2. The number of nitrogens with zero attached hydrogens (tertiary/aromatic N) is 3. The van der Waals surface area contributed by atoms with Crippen molar-refractivity contribution in [2.24, 2.45) is 0 Å². The van der Waals surface area contributed by atoms with Crippen molar-refractivity contribution >= 4 is 22.7 Å². The predicted octanol–water partition coefficient (Wildman–Crippen LogP) is 3.97. The number of hydrogen-bond donors (Lipinski definition) is 0. The maximum atomic E-state index is 13.2. The van der Waals surface area contributed by atoms with Gasteiger partial charge in [-0.2, -0.15) is 0 Å². The van der Waals surface area contributed by atoms with Crippen molar-refractivity contribution in [1.29, 1.82) is 0 Å². The molecule has 2 heterocycles. The molecule has 0 spiro atoms. The fourth-order valence-electron chi connectivity index (χ4n) is 3.66. The van der Waals surface area contributed by atoms with Crippen LogP contribution < -0.4 is 5.56 Å². The Kier molecular flexibility index (Phi) is 6.64. The van der Waals surface area contributed by atoms with E-state index in [0.29, 0.717) is 11.9 Å². The Hall–Kier alpha value is -2.15. The average Bonchev–Trinajstić information content (AvgIpc) is 2.77. The summed E-state index contributed by atoms with van der Waals surface area (Å²) in [4.78, 5) is 20.5. The van der Waals surface area contributed by atoms with E-state index in [-0.39, 0.29) is 10.8 Å². The molecule has 1 aliphatic heterocycles. The molecule has 1 fully saturated rings. The Balaban J connectivity index is 1.58. The van der Waals surface area contributed by atoms with Gasteiger partial charge >= 0.3 is 0 Å². The molecule has 0 N–H and O–H groups in total. The summed E-state index contributed by atoms with van der Waals surface area (Å²) in [7, 11) is 0. The second-order valence-corrected chi connectivity index (χ2v) is 8.65. The van der Waals surface area contributed by atoms with Crippen LogP contribution in [-0.4, -0.2) is 47.3 Å². The first-order chi connectivity index (χ1) is 14.2. The Morgan fingerprint density at radius 2 is 1.76 bits per heavy atom. The summed E-state index contributed by atoms with van der Waals surface area (Å²) in [6.07, 6.45) is 0.924. The number of hydrogen-bond acceptors (Lipinski definition) is 5. The van der Waals surface area contributed by atoms with Gasteiger partial charge in [0.15, 0.2) is 5.16 Å². The maximum absolute atomic E-state index is 13.2. The van der Waals surface area contributed by atoms with Crippen LogP contribution in [0.5, 0.6) is 0 Å². The summed E-state index contributed by atoms with van der Waals surface area (Å²) in [5, 5.41) is 1.71. The van der Waals surface area contributed by atoms with Gasteiger partial charge in [0.05, 0.1) is 24.1 Å². The predicted molar refractivity (Wildman–Crippen MR) is 119 cm³/mol. The largest absolute Gasteiger partial charge is 0.379 e. The van der Waals surface area contributed by atoms with Crippen LogP contribution in [0.3, 0.4) is 0 Å². The average molecular weight is 410 g/mol. The molecule has 1 aliphatic rings. The molecular weight excluding hydrogens is 382 g/mol. The van der Waals surface area contributed by atoms with Gasteiger partial charge in [-0.3, -0.25) is 14.3 Å². The lowest BCUT2D eigenvalue weighted by Gasteiger charge is -2.26. The second-order valence-electron chi connectivity index (χ2n) is 7.35. The van der Waals surface area contributed by atoms with Crippen molar-refractivity contribution in [2.45, 2.75) is 30.3 Å². The van der Waals surface area contributed by atoms with Crippen LogP contribution in [0.25, 0.3) is 10.9 Å². The van der Waals surface area contributed by atoms with E-state index in [4.69, 9.17) is 9.72 Å². The van der Waals surface area contributed by atoms with E-state index in [1.54, 1.807) is 11.8 Å². The Morgan fingerprint density at radius 3 is 2.55 bits per heavy atom.